The molecule has 0 spiro atoms. The molecule has 15 atom stereocenters. The fourth-order valence-electron chi connectivity index (χ4n) is 5.83. The van der Waals surface area contributed by atoms with Crippen LogP contribution in [0.5, 0.6) is 0 Å². The van der Waals surface area contributed by atoms with Crippen molar-refractivity contribution in [2.75, 3.05) is 33.0 Å². The molecule has 254 valence electrons. The first-order valence-electron chi connectivity index (χ1n) is 14.3. The van der Waals surface area contributed by atoms with Crippen molar-refractivity contribution in [3.63, 3.8) is 0 Å². The van der Waals surface area contributed by atoms with E-state index in [4.69, 9.17) is 34.2 Å². The lowest BCUT2D eigenvalue weighted by Crippen LogP contribution is -2.70. The van der Waals surface area contributed by atoms with Crippen molar-refractivity contribution in [2.24, 2.45) is 5.73 Å². The highest BCUT2D eigenvalue weighted by Gasteiger charge is 2.57. The predicted molar refractivity (Wildman–Crippen MR) is 142 cm³/mol. The Morgan fingerprint density at radius 2 is 0.977 bits per heavy atom. The molecule has 3 aliphatic rings. The first-order chi connectivity index (χ1) is 20.1. The smallest absolute Gasteiger partial charge is 0.186 e. The minimum atomic E-state index is -1.70. The number of aliphatic hydroxyl groups excluding tert-OH is 10. The van der Waals surface area contributed by atoms with Gasteiger partial charge in [-0.15, -0.1) is 0 Å². The third-order valence-corrected chi connectivity index (χ3v) is 8.23. The summed E-state index contributed by atoms with van der Waals surface area (Å²) in [5, 5.41) is 105. The Hall–Kier alpha value is -0.680. The lowest BCUT2D eigenvalue weighted by Gasteiger charge is -2.53. The number of hydrogen-bond acceptors (Lipinski definition) is 17. The molecule has 3 heterocycles. The van der Waals surface area contributed by atoms with E-state index in [1.807, 2.05) is 0 Å². The van der Waals surface area contributed by atoms with Gasteiger partial charge in [0, 0.05) is 6.54 Å². The molecule has 12 N–H and O–H groups in total. The van der Waals surface area contributed by atoms with E-state index in [0.29, 0.717) is 0 Å². The van der Waals surface area contributed by atoms with Crippen molar-refractivity contribution < 1.29 is 79.5 Å². The van der Waals surface area contributed by atoms with Crippen LogP contribution in [0.15, 0.2) is 0 Å². The molecule has 3 saturated heterocycles. The molecule has 0 aromatic heterocycles. The van der Waals surface area contributed by atoms with Gasteiger partial charge < -0.3 is 85.2 Å². The Labute approximate surface area is 249 Å². The van der Waals surface area contributed by atoms with E-state index in [0.717, 1.165) is 0 Å². The van der Waals surface area contributed by atoms with Crippen molar-refractivity contribution in [3.8, 4) is 0 Å². The van der Waals surface area contributed by atoms with Crippen LogP contribution in [0.2, 0.25) is 0 Å². The maximum atomic E-state index is 11.5. The second-order valence-electron chi connectivity index (χ2n) is 12.2. The van der Waals surface area contributed by atoms with E-state index in [1.165, 1.54) is 27.7 Å². The quantitative estimate of drug-likeness (QED) is 0.0956. The van der Waals surface area contributed by atoms with Gasteiger partial charge in [0.2, 0.25) is 0 Å². The molecule has 0 aromatic rings. The van der Waals surface area contributed by atoms with Crippen LogP contribution >= 0.6 is 0 Å². The van der Waals surface area contributed by atoms with E-state index in [2.05, 4.69) is 0 Å². The molecule has 3 rings (SSSR count). The summed E-state index contributed by atoms with van der Waals surface area (Å²) in [6.45, 7) is 3.86. The van der Waals surface area contributed by atoms with E-state index in [1.54, 1.807) is 0 Å². The molecule has 0 radical (unpaired) electrons. The van der Waals surface area contributed by atoms with Gasteiger partial charge in [0.25, 0.3) is 0 Å². The fraction of sp³-hybridized carbons (Fsp3) is 1.00. The standard InChI is InChI=1S/C26H49NO16/c1-25(2,22-17(35)16(34)13(31)10(7-28)39-22)42-20-14(32)11(8-29)40-23(18(20)36)26(3,4)43-21-15(33)12(9-30)41-24(19(21)37)38-6-5-27/h10-24,28-37H,5-9,27H2,1-4H3/t10?,11?,12?,13-,14-,15-,16?,17?,18+,19?,20?,21?,22-,23-,24-/m1/s1. The van der Waals surface area contributed by atoms with Gasteiger partial charge in [-0.1, -0.05) is 0 Å². The van der Waals surface area contributed by atoms with Crippen molar-refractivity contribution in [3.05, 3.63) is 0 Å². The van der Waals surface area contributed by atoms with Gasteiger partial charge in [0.05, 0.1) is 37.6 Å². The maximum Gasteiger partial charge on any atom is 0.186 e. The number of rotatable bonds is 12. The minimum absolute atomic E-state index is 0.00412. The lowest BCUT2D eigenvalue weighted by atomic mass is 9.84. The van der Waals surface area contributed by atoms with E-state index in [-0.39, 0.29) is 13.2 Å². The van der Waals surface area contributed by atoms with E-state index in [9.17, 15) is 51.1 Å². The monoisotopic (exact) mass is 631 g/mol. The number of aliphatic hydroxyl groups is 10. The van der Waals surface area contributed by atoms with Crippen LogP contribution in [0.25, 0.3) is 0 Å². The Kier molecular flexibility index (Phi) is 12.7. The summed E-state index contributed by atoms with van der Waals surface area (Å²) >= 11 is 0. The molecular weight excluding hydrogens is 582 g/mol. The zero-order valence-electron chi connectivity index (χ0n) is 24.7. The summed E-state index contributed by atoms with van der Waals surface area (Å²) in [6, 6.07) is 0. The topological polar surface area (TPSA) is 284 Å². The molecule has 0 bridgehead atoms. The highest BCUT2D eigenvalue weighted by Crippen LogP contribution is 2.38. The van der Waals surface area contributed by atoms with Gasteiger partial charge in [-0.25, -0.2) is 0 Å². The van der Waals surface area contributed by atoms with E-state index < -0.39 is 123 Å². The Morgan fingerprint density at radius 1 is 0.558 bits per heavy atom. The van der Waals surface area contributed by atoms with Gasteiger partial charge in [0.15, 0.2) is 6.29 Å². The summed E-state index contributed by atoms with van der Waals surface area (Å²) in [5.41, 5.74) is 2.31. The normalized spacial score (nSPS) is 44.9. The minimum Gasteiger partial charge on any atom is -0.394 e. The Bertz CT molecular complexity index is 865. The van der Waals surface area contributed by atoms with Crippen molar-refractivity contribution >= 4 is 0 Å². The van der Waals surface area contributed by atoms with Crippen molar-refractivity contribution in [2.45, 2.75) is 131 Å². The largest absolute Gasteiger partial charge is 0.394 e. The predicted octanol–water partition coefficient (Wildman–Crippen LogP) is -5.95. The molecule has 43 heavy (non-hydrogen) atoms. The van der Waals surface area contributed by atoms with Crippen LogP contribution in [0.4, 0.5) is 0 Å². The fourth-order valence-corrected chi connectivity index (χ4v) is 5.83. The molecular formula is C26H49NO16. The van der Waals surface area contributed by atoms with Crippen LogP contribution < -0.4 is 5.73 Å². The van der Waals surface area contributed by atoms with Crippen molar-refractivity contribution in [1.29, 1.82) is 0 Å². The summed E-state index contributed by atoms with van der Waals surface area (Å²) in [6.07, 6.45) is -22.2. The molecule has 0 aliphatic carbocycles. The first-order valence-corrected chi connectivity index (χ1v) is 14.3. The molecule has 0 saturated carbocycles. The summed E-state index contributed by atoms with van der Waals surface area (Å²) in [7, 11) is 0. The summed E-state index contributed by atoms with van der Waals surface area (Å²) in [5.74, 6) is 0. The van der Waals surface area contributed by atoms with Crippen LogP contribution in [0, 0.1) is 0 Å². The van der Waals surface area contributed by atoms with Crippen LogP contribution in [0.3, 0.4) is 0 Å². The maximum absolute atomic E-state index is 11.5. The Balaban J connectivity index is 1.86. The van der Waals surface area contributed by atoms with Crippen molar-refractivity contribution in [1.82, 2.24) is 0 Å². The molecule has 8 unspecified atom stereocenters. The van der Waals surface area contributed by atoms with Gasteiger partial charge >= 0.3 is 0 Å². The summed E-state index contributed by atoms with van der Waals surface area (Å²) < 4.78 is 34.5. The summed E-state index contributed by atoms with van der Waals surface area (Å²) in [4.78, 5) is 0. The van der Waals surface area contributed by atoms with Gasteiger partial charge in [-0.05, 0) is 27.7 Å². The molecule has 17 nitrogen and oxygen atoms in total. The zero-order chi connectivity index (χ0) is 32.4. The third-order valence-electron chi connectivity index (χ3n) is 8.23. The lowest BCUT2D eigenvalue weighted by molar-refractivity contribution is -0.345. The highest BCUT2D eigenvalue weighted by molar-refractivity contribution is 5.04. The van der Waals surface area contributed by atoms with Crippen LogP contribution in [0.1, 0.15) is 27.7 Å². The van der Waals surface area contributed by atoms with Gasteiger partial charge in [-0.2, -0.15) is 0 Å². The number of hydrogen-bond donors (Lipinski definition) is 11. The molecule has 0 aromatic carbocycles. The van der Waals surface area contributed by atoms with Gasteiger partial charge in [-0.3, -0.25) is 0 Å². The zero-order valence-corrected chi connectivity index (χ0v) is 24.7. The second kappa shape index (κ2) is 14.8. The Morgan fingerprint density at radius 3 is 1.44 bits per heavy atom. The molecule has 3 fully saturated rings. The van der Waals surface area contributed by atoms with Crippen LogP contribution in [-0.2, 0) is 28.4 Å². The average molecular weight is 632 g/mol. The number of nitrogens with two attached hydrogens (primary N) is 1. The molecule has 0 amide bonds. The number of ether oxygens (including phenoxy) is 6. The average Bonchev–Trinajstić information content (AvgIpc) is 2.95. The highest BCUT2D eigenvalue weighted by atomic mass is 16.7. The first kappa shape index (κ1) is 36.8. The molecule has 3 aliphatic heterocycles. The SMILES string of the molecule is CC(C)(OC1[C@H](O)C(CO)O[C@@H](C(C)(C)OC2C(O)[C@H](OCCN)OC(CO)[C@H]2O)[C@H]1O)[C@@H]1OC(CO)[C@@H](O)C(O)C1O. The second-order valence-corrected chi connectivity index (χ2v) is 12.2. The molecule has 17 heteroatoms. The van der Waals surface area contributed by atoms with Gasteiger partial charge in [0.1, 0.15) is 85.5 Å². The van der Waals surface area contributed by atoms with Crippen LogP contribution in [-0.4, -0.2) is 187 Å². The third kappa shape index (κ3) is 7.66. The van der Waals surface area contributed by atoms with E-state index >= 15 is 0 Å².